The maximum Gasteiger partial charge on any atom is 0.308 e. The minimum atomic E-state index is -0.938. The Bertz CT molecular complexity index is 491. The topological polar surface area (TPSA) is 92.5 Å². The number of anilines is 1. The number of nitrogens with zero attached hydrogens (tertiary/aromatic N) is 1. The van der Waals surface area contributed by atoms with Crippen molar-refractivity contribution in [3.05, 3.63) is 33.3 Å². The van der Waals surface area contributed by atoms with Crippen LogP contribution in [0.1, 0.15) is 13.8 Å². The van der Waals surface area contributed by atoms with E-state index in [2.05, 4.69) is 5.32 Å². The third kappa shape index (κ3) is 4.10. The molecule has 1 rings (SSSR count). The molecule has 2 N–H and O–H groups in total. The number of carbonyl (C=O) groups is 1. The van der Waals surface area contributed by atoms with Gasteiger partial charge in [-0.05, 0) is 18.1 Å². The number of carboxylic acids is 1. The number of benzene rings is 1. The zero-order valence-corrected chi connectivity index (χ0v) is 11.3. The molecule has 0 aromatic heterocycles. The Balaban J connectivity index is 2.90. The van der Waals surface area contributed by atoms with Crippen molar-refractivity contribution < 1.29 is 14.8 Å². The van der Waals surface area contributed by atoms with Crippen molar-refractivity contribution in [1.82, 2.24) is 0 Å². The largest absolute Gasteiger partial charge is 0.481 e. The summed E-state index contributed by atoms with van der Waals surface area (Å²) in [4.78, 5) is 21.4. The van der Waals surface area contributed by atoms with Crippen LogP contribution in [0.15, 0.2) is 18.2 Å². The van der Waals surface area contributed by atoms with E-state index < -0.39 is 16.8 Å². The second-order valence-electron chi connectivity index (χ2n) is 4.49. The van der Waals surface area contributed by atoms with Gasteiger partial charge in [0.2, 0.25) is 0 Å². The first kappa shape index (κ1) is 15.2. The van der Waals surface area contributed by atoms with Crippen molar-refractivity contribution in [2.75, 3.05) is 11.9 Å². The first-order chi connectivity index (χ1) is 8.82. The van der Waals surface area contributed by atoms with Gasteiger partial charge in [-0.15, -0.1) is 0 Å². The van der Waals surface area contributed by atoms with Crippen LogP contribution in [-0.2, 0) is 4.79 Å². The zero-order valence-electron chi connectivity index (χ0n) is 10.6. The Morgan fingerprint density at radius 2 is 2.16 bits per heavy atom. The number of carboxylic acid groups (broad SMARTS) is 1. The molecule has 0 fully saturated rings. The molecule has 7 heteroatoms. The van der Waals surface area contributed by atoms with Crippen LogP contribution in [0, 0.1) is 22.0 Å². The minimum absolute atomic E-state index is 0.0803. The van der Waals surface area contributed by atoms with Crippen molar-refractivity contribution in [3.8, 4) is 0 Å². The van der Waals surface area contributed by atoms with Crippen molar-refractivity contribution >= 4 is 28.9 Å². The predicted molar refractivity (Wildman–Crippen MR) is 72.6 cm³/mol. The predicted octanol–water partition coefficient (Wildman–Crippen LogP) is 3.02. The van der Waals surface area contributed by atoms with Gasteiger partial charge in [0, 0.05) is 17.6 Å². The number of nitro groups is 1. The van der Waals surface area contributed by atoms with Gasteiger partial charge >= 0.3 is 5.97 Å². The quantitative estimate of drug-likeness (QED) is 0.619. The van der Waals surface area contributed by atoms with E-state index >= 15 is 0 Å². The highest BCUT2D eigenvalue weighted by atomic mass is 35.5. The minimum Gasteiger partial charge on any atom is -0.481 e. The Labute approximate surface area is 115 Å². The molecular weight excluding hydrogens is 272 g/mol. The first-order valence-corrected chi connectivity index (χ1v) is 6.11. The lowest BCUT2D eigenvalue weighted by Crippen LogP contribution is -2.27. The van der Waals surface area contributed by atoms with Gasteiger partial charge < -0.3 is 10.4 Å². The summed E-state index contributed by atoms with van der Waals surface area (Å²) in [7, 11) is 0. The fourth-order valence-electron chi connectivity index (χ4n) is 1.64. The van der Waals surface area contributed by atoms with Crippen molar-refractivity contribution in [2.45, 2.75) is 13.8 Å². The maximum absolute atomic E-state index is 11.0. The number of aliphatic carboxylic acids is 1. The van der Waals surface area contributed by atoms with Crippen LogP contribution in [0.2, 0.25) is 5.02 Å². The van der Waals surface area contributed by atoms with E-state index in [0.717, 1.165) is 0 Å². The number of nitrogens with one attached hydrogen (secondary N) is 1. The van der Waals surface area contributed by atoms with Crippen LogP contribution in [0.25, 0.3) is 0 Å². The molecule has 0 saturated heterocycles. The molecule has 0 aliphatic carbocycles. The van der Waals surface area contributed by atoms with Crippen LogP contribution in [-0.4, -0.2) is 22.5 Å². The fraction of sp³-hybridized carbons (Fsp3) is 0.417. The molecule has 104 valence electrons. The summed E-state index contributed by atoms with van der Waals surface area (Å²) in [5.41, 5.74) is 0.0988. The lowest BCUT2D eigenvalue weighted by Gasteiger charge is -2.17. The molecule has 1 unspecified atom stereocenters. The molecule has 0 aliphatic heterocycles. The number of halogens is 1. The molecule has 6 nitrogen and oxygen atoms in total. The van der Waals surface area contributed by atoms with Gasteiger partial charge in [-0.2, -0.15) is 0 Å². The smallest absolute Gasteiger partial charge is 0.308 e. The molecule has 19 heavy (non-hydrogen) atoms. The molecular formula is C12H15ClN2O4. The fourth-order valence-corrected chi connectivity index (χ4v) is 1.81. The summed E-state index contributed by atoms with van der Waals surface area (Å²) in [5.74, 6) is -1.64. The molecule has 0 saturated carbocycles. The molecule has 0 amide bonds. The van der Waals surface area contributed by atoms with Crippen LogP contribution in [0.5, 0.6) is 0 Å². The Morgan fingerprint density at radius 3 is 2.63 bits per heavy atom. The molecule has 1 aromatic carbocycles. The van der Waals surface area contributed by atoms with Crippen LogP contribution in [0.3, 0.4) is 0 Å². The Hall–Kier alpha value is -1.82. The highest BCUT2D eigenvalue weighted by Gasteiger charge is 2.22. The molecule has 1 atom stereocenters. The van der Waals surface area contributed by atoms with Gasteiger partial charge in [0.25, 0.3) is 5.69 Å². The van der Waals surface area contributed by atoms with E-state index in [-0.39, 0.29) is 23.8 Å². The Kier molecular flexibility index (Phi) is 5.11. The van der Waals surface area contributed by atoms with Gasteiger partial charge in [0.15, 0.2) is 0 Å². The van der Waals surface area contributed by atoms with Gasteiger partial charge in [-0.1, -0.05) is 25.4 Å². The van der Waals surface area contributed by atoms with E-state index in [1.807, 2.05) is 0 Å². The van der Waals surface area contributed by atoms with Crippen molar-refractivity contribution in [1.29, 1.82) is 0 Å². The number of rotatable bonds is 6. The SMILES string of the molecule is CC(C)C(CNc1cc(Cl)ccc1[N+](=O)[O-])C(=O)O. The summed E-state index contributed by atoms with van der Waals surface area (Å²) in [6.45, 7) is 3.67. The number of nitro benzene ring substituents is 1. The lowest BCUT2D eigenvalue weighted by molar-refractivity contribution is -0.384. The molecule has 0 bridgehead atoms. The van der Waals surface area contributed by atoms with E-state index in [4.69, 9.17) is 16.7 Å². The molecule has 0 aliphatic rings. The summed E-state index contributed by atoms with van der Waals surface area (Å²) in [6, 6.07) is 4.12. The van der Waals surface area contributed by atoms with Gasteiger partial charge in [-0.25, -0.2) is 0 Å². The van der Waals surface area contributed by atoms with E-state index in [9.17, 15) is 14.9 Å². The normalized spacial score (nSPS) is 12.2. The standard InChI is InChI=1S/C12H15ClN2O4/c1-7(2)9(12(16)17)6-14-10-5-8(13)3-4-11(10)15(18)19/h3-5,7,9,14H,6H2,1-2H3,(H,16,17). The summed E-state index contributed by atoms with van der Waals surface area (Å²) < 4.78 is 0. The first-order valence-electron chi connectivity index (χ1n) is 5.73. The highest BCUT2D eigenvalue weighted by Crippen LogP contribution is 2.28. The monoisotopic (exact) mass is 286 g/mol. The summed E-state index contributed by atoms with van der Waals surface area (Å²) >= 11 is 5.78. The second kappa shape index (κ2) is 6.38. The molecule has 0 heterocycles. The van der Waals surface area contributed by atoms with E-state index in [1.54, 1.807) is 13.8 Å². The third-order valence-corrected chi connectivity index (χ3v) is 3.02. The van der Waals surface area contributed by atoms with Gasteiger partial charge in [0.1, 0.15) is 5.69 Å². The maximum atomic E-state index is 11.0. The lowest BCUT2D eigenvalue weighted by atomic mass is 9.96. The average molecular weight is 287 g/mol. The van der Waals surface area contributed by atoms with Crippen molar-refractivity contribution in [3.63, 3.8) is 0 Å². The number of hydrogen-bond acceptors (Lipinski definition) is 4. The highest BCUT2D eigenvalue weighted by molar-refractivity contribution is 6.31. The van der Waals surface area contributed by atoms with Crippen molar-refractivity contribution in [2.24, 2.45) is 11.8 Å². The van der Waals surface area contributed by atoms with Gasteiger partial charge in [-0.3, -0.25) is 14.9 Å². The molecule has 0 spiro atoms. The van der Waals surface area contributed by atoms with Crippen LogP contribution < -0.4 is 5.32 Å². The van der Waals surface area contributed by atoms with Gasteiger partial charge in [0.05, 0.1) is 10.8 Å². The molecule has 0 radical (unpaired) electrons. The van der Waals surface area contributed by atoms with Crippen LogP contribution in [0.4, 0.5) is 11.4 Å². The second-order valence-corrected chi connectivity index (χ2v) is 4.92. The third-order valence-electron chi connectivity index (χ3n) is 2.79. The van der Waals surface area contributed by atoms with E-state index in [0.29, 0.717) is 5.02 Å². The Morgan fingerprint density at radius 1 is 1.53 bits per heavy atom. The zero-order chi connectivity index (χ0) is 14.6. The molecule has 1 aromatic rings. The van der Waals surface area contributed by atoms with Crippen LogP contribution >= 0.6 is 11.6 Å². The number of hydrogen-bond donors (Lipinski definition) is 2. The summed E-state index contributed by atoms with van der Waals surface area (Å²) in [5, 5.41) is 23.0. The summed E-state index contributed by atoms with van der Waals surface area (Å²) in [6.07, 6.45) is 0. The van der Waals surface area contributed by atoms with E-state index in [1.165, 1.54) is 18.2 Å². The average Bonchev–Trinajstić information content (AvgIpc) is 2.27.